The molecule has 1 aliphatic heterocycles. The van der Waals surface area contributed by atoms with E-state index < -0.39 is 0 Å². The molecule has 1 N–H and O–H groups in total. The molecule has 1 saturated heterocycles. The first-order chi connectivity index (χ1) is 15.1. The maximum absolute atomic E-state index is 13.1. The number of carbonyl (C=O) groups is 1. The number of benzene rings is 2. The monoisotopic (exact) mass is 418 g/mol. The van der Waals surface area contributed by atoms with Crippen LogP contribution in [0.25, 0.3) is 11.0 Å². The van der Waals surface area contributed by atoms with E-state index in [0.29, 0.717) is 24.9 Å². The van der Waals surface area contributed by atoms with Gasteiger partial charge in [0, 0.05) is 18.8 Å². The minimum absolute atomic E-state index is 0.0597. The first kappa shape index (κ1) is 21.1. The van der Waals surface area contributed by atoms with Gasteiger partial charge in [0.2, 0.25) is 5.91 Å². The summed E-state index contributed by atoms with van der Waals surface area (Å²) in [6, 6.07) is 15.8. The summed E-state index contributed by atoms with van der Waals surface area (Å²) in [5, 5.41) is 3.17. The molecule has 0 unspecified atom stereocenters. The van der Waals surface area contributed by atoms with Crippen molar-refractivity contribution in [3.05, 3.63) is 54.1 Å². The highest BCUT2D eigenvalue weighted by atomic mass is 16.5. The summed E-state index contributed by atoms with van der Waals surface area (Å²) >= 11 is 0. The van der Waals surface area contributed by atoms with E-state index in [-0.39, 0.29) is 11.8 Å². The number of fused-ring (bicyclic) bond motifs is 1. The molecule has 1 aliphatic rings. The molecule has 0 spiro atoms. The average Bonchev–Trinajstić information content (AvgIpc) is 2.79. The van der Waals surface area contributed by atoms with Crippen molar-refractivity contribution >= 4 is 28.4 Å². The third kappa shape index (κ3) is 4.63. The van der Waals surface area contributed by atoms with Crippen LogP contribution in [-0.2, 0) is 4.79 Å². The number of hydrogen-bond acceptors (Lipinski definition) is 5. The zero-order valence-corrected chi connectivity index (χ0v) is 18.5. The maximum atomic E-state index is 13.1. The van der Waals surface area contributed by atoms with Gasteiger partial charge in [0.15, 0.2) is 5.82 Å². The van der Waals surface area contributed by atoms with Gasteiger partial charge in [-0.1, -0.05) is 44.2 Å². The van der Waals surface area contributed by atoms with Crippen molar-refractivity contribution in [3.63, 3.8) is 0 Å². The Morgan fingerprint density at radius 1 is 1.13 bits per heavy atom. The van der Waals surface area contributed by atoms with Crippen molar-refractivity contribution in [2.75, 3.05) is 29.9 Å². The smallest absolute Gasteiger partial charge is 0.258 e. The van der Waals surface area contributed by atoms with Crippen molar-refractivity contribution in [2.24, 2.45) is 5.92 Å². The molecular weight excluding hydrogens is 388 g/mol. The van der Waals surface area contributed by atoms with Crippen molar-refractivity contribution in [2.45, 2.75) is 39.5 Å². The van der Waals surface area contributed by atoms with Crippen LogP contribution in [0.1, 0.15) is 45.1 Å². The second-order valence-electron chi connectivity index (χ2n) is 8.29. The van der Waals surface area contributed by atoms with Gasteiger partial charge < -0.3 is 15.0 Å². The van der Waals surface area contributed by atoms with E-state index in [9.17, 15) is 4.79 Å². The summed E-state index contributed by atoms with van der Waals surface area (Å²) < 4.78 is 5.82. The van der Waals surface area contributed by atoms with Crippen LogP contribution in [0, 0.1) is 5.92 Å². The molecule has 0 bridgehead atoms. The molecule has 0 saturated carbocycles. The second kappa shape index (κ2) is 9.33. The van der Waals surface area contributed by atoms with Crippen LogP contribution in [0.4, 0.5) is 11.5 Å². The van der Waals surface area contributed by atoms with Crippen LogP contribution in [0.3, 0.4) is 0 Å². The maximum Gasteiger partial charge on any atom is 0.258 e. The molecule has 4 rings (SSSR count). The number of para-hydroxylation sites is 3. The highest BCUT2D eigenvalue weighted by Gasteiger charge is 2.29. The number of anilines is 2. The number of nitrogens with one attached hydrogen (secondary N) is 1. The second-order valence-corrected chi connectivity index (χ2v) is 8.29. The molecule has 1 atom stereocenters. The van der Waals surface area contributed by atoms with Gasteiger partial charge in [0.05, 0.1) is 23.6 Å². The lowest BCUT2D eigenvalue weighted by atomic mass is 9.96. The number of nitrogens with zero attached hydrogens (tertiary/aromatic N) is 3. The Labute approximate surface area is 183 Å². The lowest BCUT2D eigenvalue weighted by Gasteiger charge is -2.33. The molecule has 162 valence electrons. The molecule has 2 heterocycles. The Morgan fingerprint density at radius 3 is 2.58 bits per heavy atom. The van der Waals surface area contributed by atoms with Gasteiger partial charge >= 0.3 is 0 Å². The third-order valence-corrected chi connectivity index (χ3v) is 5.73. The highest BCUT2D eigenvalue weighted by Crippen LogP contribution is 2.31. The number of amides is 1. The highest BCUT2D eigenvalue weighted by molar-refractivity contribution is 5.94. The van der Waals surface area contributed by atoms with Gasteiger partial charge in [0.25, 0.3) is 5.88 Å². The standard InChI is InChI=1S/C25H30N4O2/c1-4-31-25-23(26-21-13-7-8-14-22(21)28-25)29-15-9-10-18(16-29)24(30)27-20-12-6-5-11-19(20)17(2)3/h5-8,11-14,17-18H,4,9-10,15-16H2,1-3H3,(H,27,30)/t18-/m0/s1. The van der Waals surface area contributed by atoms with Crippen LogP contribution in [-0.4, -0.2) is 35.6 Å². The molecule has 6 heteroatoms. The van der Waals surface area contributed by atoms with E-state index in [1.807, 2.05) is 49.4 Å². The number of aromatic nitrogens is 2. The molecule has 1 amide bonds. The van der Waals surface area contributed by atoms with Crippen LogP contribution in [0.2, 0.25) is 0 Å². The Kier molecular flexibility index (Phi) is 6.35. The molecular formula is C25H30N4O2. The predicted octanol–water partition coefficient (Wildman–Crippen LogP) is 5.01. The third-order valence-electron chi connectivity index (χ3n) is 5.73. The van der Waals surface area contributed by atoms with Gasteiger partial charge in [-0.3, -0.25) is 4.79 Å². The fraction of sp³-hybridized carbons (Fsp3) is 0.400. The zero-order chi connectivity index (χ0) is 21.8. The van der Waals surface area contributed by atoms with Gasteiger partial charge in [-0.05, 0) is 49.4 Å². The number of ether oxygens (including phenoxy) is 1. The van der Waals surface area contributed by atoms with Crippen LogP contribution in [0.15, 0.2) is 48.5 Å². The van der Waals surface area contributed by atoms with Gasteiger partial charge in [0.1, 0.15) is 0 Å². The molecule has 1 fully saturated rings. The Hall–Kier alpha value is -3.15. The van der Waals surface area contributed by atoms with Crippen molar-refractivity contribution < 1.29 is 9.53 Å². The lowest BCUT2D eigenvalue weighted by molar-refractivity contribution is -0.120. The van der Waals surface area contributed by atoms with E-state index in [1.165, 1.54) is 0 Å². The summed E-state index contributed by atoms with van der Waals surface area (Å²) in [6.07, 6.45) is 1.78. The molecule has 3 aromatic rings. The van der Waals surface area contributed by atoms with E-state index >= 15 is 0 Å². The van der Waals surface area contributed by atoms with Crippen LogP contribution in [0.5, 0.6) is 5.88 Å². The van der Waals surface area contributed by atoms with Gasteiger partial charge in [-0.15, -0.1) is 0 Å². The summed E-state index contributed by atoms with van der Waals surface area (Å²) in [7, 11) is 0. The summed E-state index contributed by atoms with van der Waals surface area (Å²) in [4.78, 5) is 24.8. The van der Waals surface area contributed by atoms with Crippen LogP contribution < -0.4 is 15.0 Å². The van der Waals surface area contributed by atoms with Crippen molar-refractivity contribution in [1.29, 1.82) is 0 Å². The Bertz CT molecular complexity index is 1070. The van der Waals surface area contributed by atoms with Gasteiger partial charge in [-0.2, -0.15) is 0 Å². The number of rotatable bonds is 6. The quantitative estimate of drug-likeness (QED) is 0.610. The van der Waals surface area contributed by atoms with Crippen molar-refractivity contribution in [3.8, 4) is 5.88 Å². The molecule has 0 aliphatic carbocycles. The fourth-order valence-corrected chi connectivity index (χ4v) is 4.15. The predicted molar refractivity (Wildman–Crippen MR) is 125 cm³/mol. The van der Waals surface area contributed by atoms with Crippen molar-refractivity contribution in [1.82, 2.24) is 9.97 Å². The zero-order valence-electron chi connectivity index (χ0n) is 18.5. The summed E-state index contributed by atoms with van der Waals surface area (Å²) in [5.41, 5.74) is 3.70. The first-order valence-electron chi connectivity index (χ1n) is 11.1. The van der Waals surface area contributed by atoms with E-state index in [1.54, 1.807) is 0 Å². The molecule has 31 heavy (non-hydrogen) atoms. The first-order valence-corrected chi connectivity index (χ1v) is 11.1. The normalized spacial score (nSPS) is 16.5. The average molecular weight is 419 g/mol. The van der Waals surface area contributed by atoms with E-state index in [0.717, 1.165) is 47.5 Å². The number of carbonyl (C=O) groups excluding carboxylic acids is 1. The fourth-order valence-electron chi connectivity index (χ4n) is 4.15. The summed E-state index contributed by atoms with van der Waals surface area (Å²) in [5.74, 6) is 1.55. The molecule has 2 aromatic carbocycles. The minimum Gasteiger partial charge on any atom is -0.475 e. The molecule has 0 radical (unpaired) electrons. The van der Waals surface area contributed by atoms with Crippen LogP contribution >= 0.6 is 0 Å². The number of piperidine rings is 1. The van der Waals surface area contributed by atoms with Gasteiger partial charge in [-0.25, -0.2) is 9.97 Å². The topological polar surface area (TPSA) is 67.4 Å². The van der Waals surface area contributed by atoms with E-state index in [2.05, 4.69) is 35.1 Å². The largest absolute Gasteiger partial charge is 0.475 e. The van der Waals surface area contributed by atoms with E-state index in [4.69, 9.17) is 9.72 Å². The minimum atomic E-state index is -0.114. The molecule has 6 nitrogen and oxygen atoms in total. The number of hydrogen-bond donors (Lipinski definition) is 1. The summed E-state index contributed by atoms with van der Waals surface area (Å²) in [6.45, 7) is 8.17. The molecule has 1 aromatic heterocycles. The Morgan fingerprint density at radius 2 is 1.84 bits per heavy atom. The lowest BCUT2D eigenvalue weighted by Crippen LogP contribution is -2.41. The SMILES string of the molecule is CCOc1nc2ccccc2nc1N1CCC[C@H](C(=O)Nc2ccccc2C(C)C)C1. The Balaban J connectivity index is 1.56.